The minimum atomic E-state index is -4.12. The van der Waals surface area contributed by atoms with E-state index in [1.54, 1.807) is 0 Å². The second-order valence-electron chi connectivity index (χ2n) is 4.13. The van der Waals surface area contributed by atoms with Crippen molar-refractivity contribution in [1.82, 2.24) is 4.72 Å². The quantitative estimate of drug-likeness (QED) is 0.886. The predicted molar refractivity (Wildman–Crippen MR) is 61.0 cm³/mol. The maximum atomic E-state index is 13.3. The van der Waals surface area contributed by atoms with Crippen molar-refractivity contribution in [2.24, 2.45) is 5.92 Å². The smallest absolute Gasteiger partial charge is 0.211 e. The van der Waals surface area contributed by atoms with Crippen LogP contribution in [-0.4, -0.2) is 15.0 Å². The molecule has 1 aromatic rings. The summed E-state index contributed by atoms with van der Waals surface area (Å²) in [7, 11) is -4.12. The first-order valence-electron chi connectivity index (χ1n) is 5.28. The van der Waals surface area contributed by atoms with Crippen LogP contribution in [0, 0.1) is 17.6 Å². The van der Waals surface area contributed by atoms with Crippen LogP contribution in [0.2, 0.25) is 0 Å². The molecule has 0 bridgehead atoms. The lowest BCUT2D eigenvalue weighted by atomic mass is 10.1. The zero-order valence-corrected chi connectivity index (χ0v) is 10.5. The summed E-state index contributed by atoms with van der Waals surface area (Å²) in [5.74, 6) is -1.85. The van der Waals surface area contributed by atoms with Crippen LogP contribution < -0.4 is 4.72 Å². The van der Waals surface area contributed by atoms with Crippen LogP contribution in [0.4, 0.5) is 8.78 Å². The third-order valence-electron chi connectivity index (χ3n) is 2.20. The highest BCUT2D eigenvalue weighted by Gasteiger charge is 2.23. The third-order valence-corrected chi connectivity index (χ3v) is 3.71. The average molecular weight is 263 g/mol. The molecule has 0 saturated heterocycles. The Labute approximate surface area is 99.9 Å². The van der Waals surface area contributed by atoms with Crippen LogP contribution in [0.15, 0.2) is 23.1 Å². The molecule has 0 radical (unpaired) electrons. The summed E-state index contributed by atoms with van der Waals surface area (Å²) in [6, 6.07) is 2.96. The van der Waals surface area contributed by atoms with Crippen molar-refractivity contribution in [1.29, 1.82) is 0 Å². The van der Waals surface area contributed by atoms with Gasteiger partial charge in [-0.05, 0) is 24.5 Å². The van der Waals surface area contributed by atoms with Gasteiger partial charge in [-0.3, -0.25) is 0 Å². The normalized spacial score (nSPS) is 12.1. The van der Waals surface area contributed by atoms with Gasteiger partial charge in [0.15, 0.2) is 4.90 Å². The van der Waals surface area contributed by atoms with Gasteiger partial charge >= 0.3 is 0 Å². The van der Waals surface area contributed by atoms with Gasteiger partial charge < -0.3 is 0 Å². The van der Waals surface area contributed by atoms with Gasteiger partial charge in [-0.2, -0.15) is 0 Å². The van der Waals surface area contributed by atoms with Crippen LogP contribution in [-0.2, 0) is 10.0 Å². The lowest BCUT2D eigenvalue weighted by Crippen LogP contribution is -2.27. The SMILES string of the molecule is CC(C)CCNS(=O)(=O)c1c(F)cccc1F. The summed E-state index contributed by atoms with van der Waals surface area (Å²) in [6.07, 6.45) is 0.606. The van der Waals surface area contributed by atoms with Gasteiger partial charge in [0.25, 0.3) is 0 Å². The highest BCUT2D eigenvalue weighted by molar-refractivity contribution is 7.89. The van der Waals surface area contributed by atoms with Crippen LogP contribution in [0.3, 0.4) is 0 Å². The van der Waals surface area contributed by atoms with E-state index in [-0.39, 0.29) is 6.54 Å². The van der Waals surface area contributed by atoms with Crippen LogP contribution in [0.25, 0.3) is 0 Å². The Hall–Kier alpha value is -1.01. The summed E-state index contributed by atoms with van der Waals surface area (Å²) in [5, 5.41) is 0. The average Bonchev–Trinajstić information content (AvgIpc) is 2.15. The van der Waals surface area contributed by atoms with E-state index in [1.807, 2.05) is 13.8 Å². The van der Waals surface area contributed by atoms with Crippen molar-refractivity contribution in [2.45, 2.75) is 25.2 Å². The number of rotatable bonds is 5. The zero-order chi connectivity index (χ0) is 13.1. The molecule has 6 heteroatoms. The molecule has 1 N–H and O–H groups in total. The second-order valence-corrected chi connectivity index (χ2v) is 5.83. The van der Waals surface area contributed by atoms with Gasteiger partial charge in [0.05, 0.1) is 0 Å². The van der Waals surface area contributed by atoms with Crippen molar-refractivity contribution < 1.29 is 17.2 Å². The van der Waals surface area contributed by atoms with Crippen molar-refractivity contribution in [3.63, 3.8) is 0 Å². The fourth-order valence-electron chi connectivity index (χ4n) is 1.29. The first-order valence-corrected chi connectivity index (χ1v) is 6.76. The number of hydrogen-bond donors (Lipinski definition) is 1. The summed E-state index contributed by atoms with van der Waals surface area (Å²) in [6.45, 7) is 4.02. The predicted octanol–water partition coefficient (Wildman–Crippen LogP) is 2.29. The van der Waals surface area contributed by atoms with Crippen LogP contribution in [0.5, 0.6) is 0 Å². The number of hydrogen-bond acceptors (Lipinski definition) is 2. The van der Waals surface area contributed by atoms with E-state index >= 15 is 0 Å². The van der Waals surface area contributed by atoms with Crippen molar-refractivity contribution >= 4 is 10.0 Å². The Morgan fingerprint density at radius 3 is 2.24 bits per heavy atom. The summed E-state index contributed by atoms with van der Waals surface area (Å²) in [4.78, 5) is -0.913. The highest BCUT2D eigenvalue weighted by Crippen LogP contribution is 2.17. The number of halogens is 2. The Kier molecular flexibility index (Phi) is 4.59. The summed E-state index contributed by atoms with van der Waals surface area (Å²) in [5.41, 5.74) is 0. The fraction of sp³-hybridized carbons (Fsp3) is 0.455. The minimum Gasteiger partial charge on any atom is -0.211 e. The molecule has 0 fully saturated rings. The number of nitrogens with one attached hydrogen (secondary N) is 1. The molecule has 1 rings (SSSR count). The molecular formula is C11H15F2NO2S. The van der Waals surface area contributed by atoms with Gasteiger partial charge in [-0.25, -0.2) is 21.9 Å². The van der Waals surface area contributed by atoms with Gasteiger partial charge in [0, 0.05) is 6.54 Å². The topological polar surface area (TPSA) is 46.2 Å². The van der Waals surface area contributed by atoms with Crippen molar-refractivity contribution in [3.8, 4) is 0 Å². The second kappa shape index (κ2) is 5.55. The van der Waals surface area contributed by atoms with E-state index in [9.17, 15) is 17.2 Å². The molecule has 0 aliphatic carbocycles. The van der Waals surface area contributed by atoms with Crippen LogP contribution in [0.1, 0.15) is 20.3 Å². The molecule has 0 saturated carbocycles. The zero-order valence-electron chi connectivity index (χ0n) is 9.70. The Balaban J connectivity index is 2.90. The molecule has 0 amide bonds. The first kappa shape index (κ1) is 14.1. The lowest BCUT2D eigenvalue weighted by molar-refractivity contribution is 0.509. The standard InChI is InChI=1S/C11H15F2NO2S/c1-8(2)6-7-14-17(15,16)11-9(12)4-3-5-10(11)13/h3-5,8,14H,6-7H2,1-2H3. The molecule has 0 spiro atoms. The van der Waals surface area contributed by atoms with Crippen molar-refractivity contribution in [2.75, 3.05) is 6.54 Å². The van der Waals surface area contributed by atoms with E-state index in [0.717, 1.165) is 18.2 Å². The maximum Gasteiger partial charge on any atom is 0.246 e. The first-order chi connectivity index (χ1) is 7.84. The molecule has 0 heterocycles. The molecule has 0 aliphatic rings. The molecule has 3 nitrogen and oxygen atoms in total. The van der Waals surface area contributed by atoms with E-state index in [0.29, 0.717) is 12.3 Å². The Morgan fingerprint density at radius 1 is 1.24 bits per heavy atom. The molecule has 0 aromatic heterocycles. The Bertz CT molecular complexity index is 466. The maximum absolute atomic E-state index is 13.3. The van der Waals surface area contributed by atoms with Gasteiger partial charge in [-0.15, -0.1) is 0 Å². The molecule has 17 heavy (non-hydrogen) atoms. The molecule has 1 aromatic carbocycles. The van der Waals surface area contributed by atoms with Crippen molar-refractivity contribution in [3.05, 3.63) is 29.8 Å². The van der Waals surface area contributed by atoms with E-state index in [1.165, 1.54) is 0 Å². The van der Waals surface area contributed by atoms with E-state index < -0.39 is 26.6 Å². The van der Waals surface area contributed by atoms with Crippen LogP contribution >= 0.6 is 0 Å². The Morgan fingerprint density at radius 2 is 1.76 bits per heavy atom. The monoisotopic (exact) mass is 263 g/mol. The summed E-state index contributed by atoms with van der Waals surface area (Å²) >= 11 is 0. The minimum absolute atomic E-state index is 0.160. The lowest BCUT2D eigenvalue weighted by Gasteiger charge is -2.09. The molecule has 0 atom stereocenters. The molecule has 96 valence electrons. The summed E-state index contributed by atoms with van der Waals surface area (Å²) < 4.78 is 52.1. The molecule has 0 aliphatic heterocycles. The van der Waals surface area contributed by atoms with Gasteiger partial charge in [0.1, 0.15) is 11.6 Å². The number of benzene rings is 1. The van der Waals surface area contributed by atoms with E-state index in [4.69, 9.17) is 0 Å². The largest absolute Gasteiger partial charge is 0.246 e. The molecule has 0 unspecified atom stereocenters. The van der Waals surface area contributed by atoms with Gasteiger partial charge in [0.2, 0.25) is 10.0 Å². The fourth-order valence-corrected chi connectivity index (χ4v) is 2.47. The highest BCUT2D eigenvalue weighted by atomic mass is 32.2. The van der Waals surface area contributed by atoms with Gasteiger partial charge in [-0.1, -0.05) is 19.9 Å². The number of sulfonamides is 1. The molecular weight excluding hydrogens is 248 g/mol. The third kappa shape index (κ3) is 3.74. The van der Waals surface area contributed by atoms with E-state index in [2.05, 4.69) is 4.72 Å².